The normalized spacial score (nSPS) is 9.95. The fourth-order valence-corrected chi connectivity index (χ4v) is 2.05. The number of carbonyl (C=O) groups excluding carboxylic acids is 1. The largest absolute Gasteiger partial charge is 0.480 e. The maximum Gasteiger partial charge on any atom is 0.323 e. The number of carboxylic acid groups (broad SMARTS) is 2. The molecule has 1 aromatic carbocycles. The maximum absolute atomic E-state index is 12.2. The molecule has 21 heavy (non-hydrogen) atoms. The number of amides is 1. The first kappa shape index (κ1) is 16.8. The number of carboxylic acids is 2. The van der Waals surface area contributed by atoms with Gasteiger partial charge in [-0.2, -0.15) is 0 Å². The van der Waals surface area contributed by atoms with E-state index >= 15 is 0 Å². The number of nitro benzene ring substituents is 1. The molecule has 0 fully saturated rings. The molecule has 0 bridgehead atoms. The van der Waals surface area contributed by atoms with Gasteiger partial charge in [0, 0.05) is 15.7 Å². The molecular formula is C11H9IN2O7. The topological polar surface area (TPSA) is 138 Å². The number of nitro groups is 1. The van der Waals surface area contributed by atoms with Crippen molar-refractivity contribution in [2.24, 2.45) is 0 Å². The van der Waals surface area contributed by atoms with Gasteiger partial charge in [-0.25, -0.2) is 0 Å². The zero-order valence-corrected chi connectivity index (χ0v) is 12.5. The summed E-state index contributed by atoms with van der Waals surface area (Å²) in [6.45, 7) is -1.63. The summed E-state index contributed by atoms with van der Waals surface area (Å²) in [5.41, 5.74) is -0.461. The molecule has 10 heteroatoms. The Morgan fingerprint density at radius 2 is 1.71 bits per heavy atom. The standard InChI is InChI=1S/C11H9IN2O7/c12-8-2-1-6(14(20)21)3-7(8)11(19)13(4-9(15)16)5-10(17)18/h1-3H,4-5H2,(H,15,16)(H,17,18). The van der Waals surface area contributed by atoms with E-state index in [2.05, 4.69) is 0 Å². The first-order valence-corrected chi connectivity index (χ1v) is 6.47. The van der Waals surface area contributed by atoms with Crippen molar-refractivity contribution >= 4 is 46.1 Å². The second-order valence-corrected chi connectivity index (χ2v) is 5.03. The zero-order valence-electron chi connectivity index (χ0n) is 10.4. The summed E-state index contributed by atoms with van der Waals surface area (Å²) in [6.07, 6.45) is 0. The number of halogens is 1. The third-order valence-corrected chi connectivity index (χ3v) is 3.27. The molecule has 0 aliphatic rings. The number of non-ortho nitro benzene ring substituents is 1. The van der Waals surface area contributed by atoms with Gasteiger partial charge >= 0.3 is 11.9 Å². The van der Waals surface area contributed by atoms with Crippen LogP contribution < -0.4 is 0 Å². The van der Waals surface area contributed by atoms with Crippen LogP contribution in [0, 0.1) is 13.7 Å². The fourth-order valence-electron chi connectivity index (χ4n) is 1.49. The van der Waals surface area contributed by atoms with Gasteiger partial charge in [0.1, 0.15) is 13.1 Å². The molecule has 0 unspecified atom stereocenters. The summed E-state index contributed by atoms with van der Waals surface area (Å²) in [4.78, 5) is 44.2. The van der Waals surface area contributed by atoms with Gasteiger partial charge in [-0.15, -0.1) is 0 Å². The van der Waals surface area contributed by atoms with E-state index < -0.39 is 35.9 Å². The van der Waals surface area contributed by atoms with E-state index in [1.165, 1.54) is 12.1 Å². The van der Waals surface area contributed by atoms with Crippen LogP contribution in [0.15, 0.2) is 18.2 Å². The Labute approximate surface area is 131 Å². The predicted molar refractivity (Wildman–Crippen MR) is 77.0 cm³/mol. The molecule has 1 amide bonds. The summed E-state index contributed by atoms with van der Waals surface area (Å²) in [6, 6.07) is 3.50. The zero-order chi connectivity index (χ0) is 16.2. The van der Waals surface area contributed by atoms with Crippen LogP contribution in [0.25, 0.3) is 0 Å². The van der Waals surface area contributed by atoms with Crippen LogP contribution in [0.1, 0.15) is 10.4 Å². The Kier molecular flexibility index (Phi) is 5.58. The van der Waals surface area contributed by atoms with Gasteiger partial charge in [-0.3, -0.25) is 24.5 Å². The molecule has 112 valence electrons. The van der Waals surface area contributed by atoms with E-state index in [1.54, 1.807) is 22.6 Å². The number of benzene rings is 1. The third kappa shape index (κ3) is 4.66. The number of carbonyl (C=O) groups is 3. The number of rotatable bonds is 6. The van der Waals surface area contributed by atoms with Crippen molar-refractivity contribution in [3.05, 3.63) is 37.4 Å². The number of hydrogen-bond donors (Lipinski definition) is 2. The molecule has 0 radical (unpaired) electrons. The molecule has 0 atom stereocenters. The van der Waals surface area contributed by atoms with E-state index in [9.17, 15) is 24.5 Å². The molecule has 0 aliphatic heterocycles. The van der Waals surface area contributed by atoms with Crippen molar-refractivity contribution in [3.63, 3.8) is 0 Å². The summed E-state index contributed by atoms with van der Waals surface area (Å²) < 4.78 is 0.351. The second-order valence-electron chi connectivity index (χ2n) is 3.87. The molecule has 0 aromatic heterocycles. The van der Waals surface area contributed by atoms with Crippen molar-refractivity contribution < 1.29 is 29.5 Å². The first-order chi connectivity index (χ1) is 9.72. The molecule has 0 heterocycles. The number of nitrogens with zero attached hydrogens (tertiary/aromatic N) is 2. The molecule has 0 spiro atoms. The van der Waals surface area contributed by atoms with E-state index in [0.717, 1.165) is 6.07 Å². The molecule has 0 aliphatic carbocycles. The SMILES string of the molecule is O=C(O)CN(CC(=O)O)C(=O)c1cc([N+](=O)[O-])ccc1I. The minimum atomic E-state index is -1.38. The lowest BCUT2D eigenvalue weighted by molar-refractivity contribution is -0.384. The van der Waals surface area contributed by atoms with Crippen LogP contribution >= 0.6 is 22.6 Å². The van der Waals surface area contributed by atoms with Gasteiger partial charge in [0.25, 0.3) is 11.6 Å². The van der Waals surface area contributed by atoms with Gasteiger partial charge in [-0.05, 0) is 28.7 Å². The maximum atomic E-state index is 12.2. The van der Waals surface area contributed by atoms with Crippen molar-refractivity contribution in [1.82, 2.24) is 4.90 Å². The number of hydrogen-bond acceptors (Lipinski definition) is 5. The number of aliphatic carboxylic acids is 2. The molecular weight excluding hydrogens is 399 g/mol. The first-order valence-electron chi connectivity index (χ1n) is 5.39. The van der Waals surface area contributed by atoms with E-state index in [1.807, 2.05) is 0 Å². The van der Waals surface area contributed by atoms with Crippen molar-refractivity contribution in [3.8, 4) is 0 Å². The van der Waals surface area contributed by atoms with Gasteiger partial charge < -0.3 is 15.1 Å². The smallest absolute Gasteiger partial charge is 0.323 e. The quantitative estimate of drug-likeness (QED) is 0.404. The fraction of sp³-hybridized carbons (Fsp3) is 0.182. The van der Waals surface area contributed by atoms with Gasteiger partial charge in [0.15, 0.2) is 0 Å². The Morgan fingerprint density at radius 3 is 2.14 bits per heavy atom. The average Bonchev–Trinajstić information content (AvgIpc) is 2.36. The van der Waals surface area contributed by atoms with Crippen LogP contribution in [-0.4, -0.2) is 51.0 Å². The Hall–Kier alpha value is -2.24. The van der Waals surface area contributed by atoms with Crippen LogP contribution in [0.3, 0.4) is 0 Å². The Balaban J connectivity index is 3.18. The van der Waals surface area contributed by atoms with Crippen molar-refractivity contribution in [2.45, 2.75) is 0 Å². The van der Waals surface area contributed by atoms with Gasteiger partial charge in [-0.1, -0.05) is 0 Å². The summed E-state index contributed by atoms with van der Waals surface area (Å²) in [5.74, 6) is -3.66. The summed E-state index contributed by atoms with van der Waals surface area (Å²) >= 11 is 1.75. The minimum Gasteiger partial charge on any atom is -0.480 e. The Bertz CT molecular complexity index is 601. The average molecular weight is 408 g/mol. The van der Waals surface area contributed by atoms with Crippen molar-refractivity contribution in [2.75, 3.05) is 13.1 Å². The van der Waals surface area contributed by atoms with Crippen LogP contribution in [0.5, 0.6) is 0 Å². The van der Waals surface area contributed by atoms with Gasteiger partial charge in [0.2, 0.25) is 0 Å². The third-order valence-electron chi connectivity index (χ3n) is 2.33. The minimum absolute atomic E-state index is 0.118. The molecule has 0 saturated carbocycles. The molecule has 2 N–H and O–H groups in total. The van der Waals surface area contributed by atoms with Crippen LogP contribution in [0.4, 0.5) is 5.69 Å². The molecule has 1 rings (SSSR count). The highest BCUT2D eigenvalue weighted by Gasteiger charge is 2.24. The summed E-state index contributed by atoms with van der Waals surface area (Å²) in [7, 11) is 0. The lowest BCUT2D eigenvalue weighted by atomic mass is 10.1. The van der Waals surface area contributed by atoms with E-state index in [-0.39, 0.29) is 11.3 Å². The van der Waals surface area contributed by atoms with Crippen LogP contribution in [0.2, 0.25) is 0 Å². The van der Waals surface area contributed by atoms with Crippen molar-refractivity contribution in [1.29, 1.82) is 0 Å². The lowest BCUT2D eigenvalue weighted by Gasteiger charge is -2.19. The van der Waals surface area contributed by atoms with E-state index in [0.29, 0.717) is 8.47 Å². The highest BCUT2D eigenvalue weighted by Crippen LogP contribution is 2.21. The molecule has 0 saturated heterocycles. The predicted octanol–water partition coefficient (Wildman–Crippen LogP) is 0.811. The molecule has 9 nitrogen and oxygen atoms in total. The summed E-state index contributed by atoms with van der Waals surface area (Å²) in [5, 5.41) is 28.1. The highest BCUT2D eigenvalue weighted by atomic mass is 127. The molecule has 1 aromatic rings. The van der Waals surface area contributed by atoms with Gasteiger partial charge in [0.05, 0.1) is 10.5 Å². The second kappa shape index (κ2) is 6.97. The lowest BCUT2D eigenvalue weighted by Crippen LogP contribution is -2.39. The monoisotopic (exact) mass is 408 g/mol. The van der Waals surface area contributed by atoms with E-state index in [4.69, 9.17) is 10.2 Å². The highest BCUT2D eigenvalue weighted by molar-refractivity contribution is 14.1. The van der Waals surface area contributed by atoms with Crippen LogP contribution in [-0.2, 0) is 9.59 Å². The Morgan fingerprint density at radius 1 is 1.19 bits per heavy atom.